The van der Waals surface area contributed by atoms with Gasteiger partial charge in [-0.25, -0.2) is 0 Å². The lowest BCUT2D eigenvalue weighted by Gasteiger charge is -2.07. The Balaban J connectivity index is 2.25. The van der Waals surface area contributed by atoms with Crippen molar-refractivity contribution < 1.29 is 14.1 Å². The molecule has 0 spiro atoms. The van der Waals surface area contributed by atoms with E-state index < -0.39 is 10.8 Å². The number of hydrogen-bond donors (Lipinski definition) is 1. The summed E-state index contributed by atoms with van der Waals surface area (Å²) in [6.45, 7) is 0.554. The van der Waals surface area contributed by atoms with Gasteiger partial charge in [-0.15, -0.1) is 0 Å². The average molecular weight is 198 g/mol. The second kappa shape index (κ2) is 3.47. The smallest absolute Gasteiger partial charge is 0.157 e. The van der Waals surface area contributed by atoms with Crippen molar-refractivity contribution in [2.24, 2.45) is 0 Å². The molecule has 1 aromatic carbocycles. The molecule has 3 nitrogen and oxygen atoms in total. The zero-order chi connectivity index (χ0) is 9.26. The van der Waals surface area contributed by atoms with Gasteiger partial charge >= 0.3 is 0 Å². The lowest BCUT2D eigenvalue weighted by Crippen LogP contribution is -2.00. The van der Waals surface area contributed by atoms with Crippen LogP contribution in [0, 0.1) is 0 Å². The summed E-state index contributed by atoms with van der Waals surface area (Å²) in [5, 5.41) is 9.05. The van der Waals surface area contributed by atoms with Crippen molar-refractivity contribution in [3.05, 3.63) is 29.8 Å². The first kappa shape index (κ1) is 8.72. The molecule has 1 unspecified atom stereocenters. The molecule has 70 valence electrons. The quantitative estimate of drug-likeness (QED) is 0.736. The molecule has 1 aromatic rings. The van der Waals surface area contributed by atoms with Gasteiger partial charge in [-0.1, -0.05) is 12.1 Å². The lowest BCUT2D eigenvalue weighted by molar-refractivity contribution is 0.143. The minimum absolute atomic E-state index is 0.215. The summed E-state index contributed by atoms with van der Waals surface area (Å²) < 4.78 is 16.7. The van der Waals surface area contributed by atoms with Gasteiger partial charge in [0.15, 0.2) is 5.44 Å². The molecule has 0 aliphatic carbocycles. The van der Waals surface area contributed by atoms with Crippen LogP contribution in [0.25, 0.3) is 0 Å². The first-order valence-electron chi connectivity index (χ1n) is 4.05. The Bertz CT molecular complexity index is 320. The first-order valence-corrected chi connectivity index (χ1v) is 5.43. The van der Waals surface area contributed by atoms with Gasteiger partial charge in [0.1, 0.15) is 5.75 Å². The average Bonchev–Trinajstić information content (AvgIpc) is 2.53. The van der Waals surface area contributed by atoms with E-state index >= 15 is 0 Å². The van der Waals surface area contributed by atoms with E-state index in [4.69, 9.17) is 9.84 Å². The molecule has 0 aromatic heterocycles. The molecule has 0 saturated carbocycles. The Morgan fingerprint density at radius 1 is 1.38 bits per heavy atom. The lowest BCUT2D eigenvalue weighted by atomic mass is 10.2. The summed E-state index contributed by atoms with van der Waals surface area (Å²) in [6.07, 6.45) is 0. The molecule has 0 bridgehead atoms. The van der Waals surface area contributed by atoms with Crippen molar-refractivity contribution in [1.29, 1.82) is 0 Å². The Kier molecular flexibility index (Phi) is 2.33. The minimum Gasteiger partial charge on any atom is -0.508 e. The van der Waals surface area contributed by atoms with E-state index in [0.717, 1.165) is 5.56 Å². The van der Waals surface area contributed by atoms with Crippen LogP contribution in [0.3, 0.4) is 0 Å². The summed E-state index contributed by atoms with van der Waals surface area (Å²) in [6, 6.07) is 6.63. The Labute approximate surface area is 78.8 Å². The van der Waals surface area contributed by atoms with Crippen LogP contribution in [0.2, 0.25) is 0 Å². The maximum Gasteiger partial charge on any atom is 0.157 e. The summed E-state index contributed by atoms with van der Waals surface area (Å²) >= 11 is 0. The van der Waals surface area contributed by atoms with Crippen molar-refractivity contribution >= 4 is 10.8 Å². The van der Waals surface area contributed by atoms with Crippen LogP contribution < -0.4 is 0 Å². The molecule has 1 aliphatic rings. The molecule has 4 heteroatoms. The highest BCUT2D eigenvalue weighted by Gasteiger charge is 2.25. The van der Waals surface area contributed by atoms with E-state index in [1.54, 1.807) is 24.3 Å². The zero-order valence-electron chi connectivity index (χ0n) is 6.97. The molecule has 2 atom stereocenters. The van der Waals surface area contributed by atoms with Crippen LogP contribution in [-0.2, 0) is 15.5 Å². The number of phenols is 1. The fraction of sp³-hybridized carbons (Fsp3) is 0.333. The molecular formula is C9H10O3S. The van der Waals surface area contributed by atoms with Gasteiger partial charge in [-0.2, -0.15) is 0 Å². The fourth-order valence-corrected chi connectivity index (χ4v) is 2.48. The zero-order valence-corrected chi connectivity index (χ0v) is 7.79. The molecule has 2 rings (SSSR count). The summed E-state index contributed by atoms with van der Waals surface area (Å²) in [7, 11) is -0.922. The van der Waals surface area contributed by atoms with Gasteiger partial charge in [-0.05, 0) is 17.7 Å². The van der Waals surface area contributed by atoms with E-state index in [9.17, 15) is 4.21 Å². The molecule has 13 heavy (non-hydrogen) atoms. The Morgan fingerprint density at radius 3 is 2.62 bits per heavy atom. The molecule has 1 fully saturated rings. The van der Waals surface area contributed by atoms with E-state index in [-0.39, 0.29) is 11.2 Å². The van der Waals surface area contributed by atoms with Gasteiger partial charge in [0.25, 0.3) is 0 Å². The third-order valence-corrected chi connectivity index (χ3v) is 3.41. The number of aromatic hydroxyl groups is 1. The van der Waals surface area contributed by atoms with Crippen molar-refractivity contribution in [2.45, 2.75) is 5.44 Å². The molecule has 0 radical (unpaired) electrons. The SMILES string of the molecule is O=S1CCO[C@H]1c1ccc(O)cc1. The molecule has 0 amide bonds. The highest BCUT2D eigenvalue weighted by Crippen LogP contribution is 2.27. The van der Waals surface area contributed by atoms with Crippen molar-refractivity contribution in [3.63, 3.8) is 0 Å². The van der Waals surface area contributed by atoms with E-state index in [1.807, 2.05) is 0 Å². The largest absolute Gasteiger partial charge is 0.508 e. The first-order chi connectivity index (χ1) is 6.27. The molecule has 1 N–H and O–H groups in total. The fourth-order valence-electron chi connectivity index (χ4n) is 1.30. The van der Waals surface area contributed by atoms with Crippen LogP contribution in [0.15, 0.2) is 24.3 Å². The number of rotatable bonds is 1. The summed E-state index contributed by atoms with van der Waals surface area (Å²) in [5.41, 5.74) is 0.564. The van der Waals surface area contributed by atoms with Crippen LogP contribution in [0.5, 0.6) is 5.75 Å². The van der Waals surface area contributed by atoms with E-state index in [2.05, 4.69) is 0 Å². The second-order valence-corrected chi connectivity index (χ2v) is 4.48. The van der Waals surface area contributed by atoms with Crippen LogP contribution >= 0.6 is 0 Å². The number of benzene rings is 1. The predicted octanol–water partition coefficient (Wildman–Crippen LogP) is 1.17. The summed E-state index contributed by atoms with van der Waals surface area (Å²) in [5.74, 6) is 0.818. The van der Waals surface area contributed by atoms with Crippen molar-refractivity contribution in [3.8, 4) is 5.75 Å². The van der Waals surface area contributed by atoms with Crippen LogP contribution in [0.4, 0.5) is 0 Å². The second-order valence-electron chi connectivity index (χ2n) is 2.88. The Morgan fingerprint density at radius 2 is 2.08 bits per heavy atom. The number of ether oxygens (including phenoxy) is 1. The maximum absolute atomic E-state index is 11.4. The highest BCUT2D eigenvalue weighted by molar-refractivity contribution is 7.85. The van der Waals surface area contributed by atoms with Crippen molar-refractivity contribution in [1.82, 2.24) is 0 Å². The third-order valence-electron chi connectivity index (χ3n) is 1.96. The van der Waals surface area contributed by atoms with Gasteiger partial charge in [-0.3, -0.25) is 4.21 Å². The van der Waals surface area contributed by atoms with Gasteiger partial charge < -0.3 is 9.84 Å². The third kappa shape index (κ3) is 1.73. The van der Waals surface area contributed by atoms with Gasteiger partial charge in [0, 0.05) is 0 Å². The van der Waals surface area contributed by atoms with Crippen LogP contribution in [-0.4, -0.2) is 21.7 Å². The molecular weight excluding hydrogens is 188 g/mol. The number of hydrogen-bond acceptors (Lipinski definition) is 3. The van der Waals surface area contributed by atoms with E-state index in [0.29, 0.717) is 12.4 Å². The highest BCUT2D eigenvalue weighted by atomic mass is 32.2. The monoisotopic (exact) mass is 198 g/mol. The summed E-state index contributed by atoms with van der Waals surface area (Å²) in [4.78, 5) is 0. The molecule has 1 saturated heterocycles. The minimum atomic E-state index is -0.922. The molecule has 1 aliphatic heterocycles. The Hall–Kier alpha value is -0.870. The molecule has 1 heterocycles. The number of phenolic OH excluding ortho intramolecular Hbond substituents is 1. The van der Waals surface area contributed by atoms with Crippen molar-refractivity contribution in [2.75, 3.05) is 12.4 Å². The standard InChI is InChI=1S/C9H10O3S/c10-8-3-1-7(2-4-8)9-12-5-6-13(9)11/h1-4,9-10H,5-6H2/t9-,13?/m1/s1. The maximum atomic E-state index is 11.4. The van der Waals surface area contributed by atoms with Crippen LogP contribution in [0.1, 0.15) is 11.0 Å². The van der Waals surface area contributed by atoms with Gasteiger partial charge in [0.2, 0.25) is 0 Å². The van der Waals surface area contributed by atoms with E-state index in [1.165, 1.54) is 0 Å². The topological polar surface area (TPSA) is 46.5 Å². The normalized spacial score (nSPS) is 27.7. The predicted molar refractivity (Wildman–Crippen MR) is 49.8 cm³/mol. The van der Waals surface area contributed by atoms with Gasteiger partial charge in [0.05, 0.1) is 23.2 Å².